The molecule has 0 heterocycles. The number of hydrogen-bond donors (Lipinski definition) is 1. The molecule has 1 aliphatic rings. The Hall–Kier alpha value is -0.110. The van der Waals surface area contributed by atoms with E-state index in [0.29, 0.717) is 18.5 Å². The Morgan fingerprint density at radius 2 is 2.17 bits per heavy atom. The molecule has 1 nitrogen and oxygen atoms in total. The van der Waals surface area contributed by atoms with Crippen molar-refractivity contribution in [3.05, 3.63) is 0 Å². The van der Waals surface area contributed by atoms with Crippen molar-refractivity contribution in [2.45, 2.75) is 64.2 Å². The maximum Gasteiger partial charge on any atom is 0.109 e. The molecular formula is C10H20FN. The summed E-state index contributed by atoms with van der Waals surface area (Å²) in [5.41, 5.74) is -0.926. The average molecular weight is 173 g/mol. The summed E-state index contributed by atoms with van der Waals surface area (Å²) in [5.74, 6) is 0. The monoisotopic (exact) mass is 173 g/mol. The third-order valence-corrected chi connectivity index (χ3v) is 2.49. The van der Waals surface area contributed by atoms with E-state index in [0.717, 1.165) is 19.3 Å². The molecule has 2 atom stereocenters. The largest absolute Gasteiger partial charge is 0.312 e. The van der Waals surface area contributed by atoms with Gasteiger partial charge >= 0.3 is 0 Å². The average Bonchev–Trinajstić information content (AvgIpc) is 1.82. The first-order valence-electron chi connectivity index (χ1n) is 4.94. The molecular weight excluding hydrogens is 153 g/mol. The Balaban J connectivity index is 2.36. The molecule has 0 radical (unpaired) electrons. The van der Waals surface area contributed by atoms with Crippen molar-refractivity contribution in [1.82, 2.24) is 5.32 Å². The highest BCUT2D eigenvalue weighted by atomic mass is 19.1. The second kappa shape index (κ2) is 3.73. The third kappa shape index (κ3) is 3.10. The van der Waals surface area contributed by atoms with Crippen LogP contribution in [0, 0.1) is 0 Å². The summed E-state index contributed by atoms with van der Waals surface area (Å²) in [7, 11) is 0. The Morgan fingerprint density at radius 3 is 2.67 bits per heavy atom. The van der Waals surface area contributed by atoms with Gasteiger partial charge in [-0.25, -0.2) is 4.39 Å². The molecule has 0 amide bonds. The molecule has 1 saturated carbocycles. The van der Waals surface area contributed by atoms with E-state index < -0.39 is 5.67 Å². The lowest BCUT2D eigenvalue weighted by atomic mass is 9.84. The minimum Gasteiger partial charge on any atom is -0.312 e. The molecule has 0 aliphatic heterocycles. The van der Waals surface area contributed by atoms with E-state index in [9.17, 15) is 4.39 Å². The smallest absolute Gasteiger partial charge is 0.109 e. The second-order valence-electron chi connectivity index (χ2n) is 4.53. The van der Waals surface area contributed by atoms with Crippen LogP contribution >= 0.6 is 0 Å². The fourth-order valence-corrected chi connectivity index (χ4v) is 2.05. The van der Waals surface area contributed by atoms with Gasteiger partial charge in [-0.15, -0.1) is 0 Å². The number of rotatable bonds is 2. The summed E-state index contributed by atoms with van der Waals surface area (Å²) in [4.78, 5) is 0. The van der Waals surface area contributed by atoms with Crippen LogP contribution in [0.3, 0.4) is 0 Å². The highest BCUT2D eigenvalue weighted by Crippen LogP contribution is 2.31. The summed E-state index contributed by atoms with van der Waals surface area (Å²) in [6.45, 7) is 5.95. The maximum atomic E-state index is 13.5. The normalized spacial score (nSPS) is 37.2. The van der Waals surface area contributed by atoms with E-state index in [1.807, 2.05) is 0 Å². The molecule has 0 saturated heterocycles. The molecule has 1 aliphatic carbocycles. The first kappa shape index (κ1) is 9.97. The van der Waals surface area contributed by atoms with E-state index in [4.69, 9.17) is 0 Å². The molecule has 2 unspecified atom stereocenters. The zero-order chi connectivity index (χ0) is 9.19. The topological polar surface area (TPSA) is 12.0 Å². The van der Waals surface area contributed by atoms with Gasteiger partial charge in [0, 0.05) is 12.1 Å². The lowest BCUT2D eigenvalue weighted by Gasteiger charge is -2.33. The van der Waals surface area contributed by atoms with Crippen molar-refractivity contribution in [3.8, 4) is 0 Å². The van der Waals surface area contributed by atoms with Crippen LogP contribution in [0.25, 0.3) is 0 Å². The van der Waals surface area contributed by atoms with Crippen molar-refractivity contribution in [3.63, 3.8) is 0 Å². The molecule has 0 aromatic heterocycles. The van der Waals surface area contributed by atoms with Crippen LogP contribution in [0.4, 0.5) is 4.39 Å². The lowest BCUT2D eigenvalue weighted by Crippen LogP contribution is -2.42. The van der Waals surface area contributed by atoms with Gasteiger partial charge in [-0.3, -0.25) is 0 Å². The predicted molar refractivity (Wildman–Crippen MR) is 50.0 cm³/mol. The Labute approximate surface area is 74.7 Å². The predicted octanol–water partition coefficient (Wildman–Crippen LogP) is 2.66. The van der Waals surface area contributed by atoms with Crippen molar-refractivity contribution >= 4 is 0 Å². The minimum absolute atomic E-state index is 0.397. The van der Waals surface area contributed by atoms with Gasteiger partial charge in [0.15, 0.2) is 0 Å². The highest BCUT2D eigenvalue weighted by molar-refractivity contribution is 4.86. The van der Waals surface area contributed by atoms with Crippen LogP contribution in [-0.2, 0) is 0 Å². The van der Waals surface area contributed by atoms with E-state index in [1.54, 1.807) is 6.92 Å². The van der Waals surface area contributed by atoms with Gasteiger partial charge in [-0.2, -0.15) is 0 Å². The van der Waals surface area contributed by atoms with Gasteiger partial charge in [0.25, 0.3) is 0 Å². The number of hydrogen-bond acceptors (Lipinski definition) is 1. The van der Waals surface area contributed by atoms with Gasteiger partial charge in [-0.05, 0) is 32.6 Å². The fraction of sp³-hybridized carbons (Fsp3) is 1.00. The first-order chi connectivity index (χ1) is 5.49. The van der Waals surface area contributed by atoms with Crippen molar-refractivity contribution in [1.29, 1.82) is 0 Å². The van der Waals surface area contributed by atoms with Crippen LogP contribution < -0.4 is 5.32 Å². The SMILES string of the molecule is CC(C)NC1CCCC(C)(F)C1. The van der Waals surface area contributed by atoms with Gasteiger partial charge < -0.3 is 5.32 Å². The van der Waals surface area contributed by atoms with E-state index in [1.165, 1.54) is 0 Å². The first-order valence-corrected chi connectivity index (χ1v) is 4.94. The number of halogens is 1. The van der Waals surface area contributed by atoms with Crippen LogP contribution in [0.5, 0.6) is 0 Å². The Bertz CT molecular complexity index is 143. The molecule has 72 valence electrons. The summed E-state index contributed by atoms with van der Waals surface area (Å²) < 4.78 is 13.5. The number of alkyl halides is 1. The van der Waals surface area contributed by atoms with Crippen molar-refractivity contribution < 1.29 is 4.39 Å². The molecule has 1 rings (SSSR count). The van der Waals surface area contributed by atoms with Crippen molar-refractivity contribution in [2.75, 3.05) is 0 Å². The summed E-state index contributed by atoms with van der Waals surface area (Å²) >= 11 is 0. The lowest BCUT2D eigenvalue weighted by molar-refractivity contribution is 0.105. The van der Waals surface area contributed by atoms with E-state index >= 15 is 0 Å². The summed E-state index contributed by atoms with van der Waals surface area (Å²) in [5, 5.41) is 3.40. The van der Waals surface area contributed by atoms with Crippen LogP contribution in [0.1, 0.15) is 46.5 Å². The van der Waals surface area contributed by atoms with Crippen molar-refractivity contribution in [2.24, 2.45) is 0 Å². The van der Waals surface area contributed by atoms with Gasteiger partial charge in [0.2, 0.25) is 0 Å². The van der Waals surface area contributed by atoms with Gasteiger partial charge in [0.05, 0.1) is 0 Å². The van der Waals surface area contributed by atoms with Crippen LogP contribution in [0.2, 0.25) is 0 Å². The molecule has 12 heavy (non-hydrogen) atoms. The van der Waals surface area contributed by atoms with E-state index in [-0.39, 0.29) is 0 Å². The zero-order valence-corrected chi connectivity index (χ0v) is 8.36. The molecule has 0 aromatic rings. The number of nitrogens with one attached hydrogen (secondary N) is 1. The summed E-state index contributed by atoms with van der Waals surface area (Å²) in [6, 6.07) is 0.873. The maximum absolute atomic E-state index is 13.5. The molecule has 1 fully saturated rings. The Kier molecular flexibility index (Phi) is 3.10. The molecule has 0 spiro atoms. The molecule has 1 N–H and O–H groups in total. The minimum atomic E-state index is -0.926. The van der Waals surface area contributed by atoms with Gasteiger partial charge in [-0.1, -0.05) is 13.8 Å². The quantitative estimate of drug-likeness (QED) is 0.677. The highest BCUT2D eigenvalue weighted by Gasteiger charge is 2.31. The molecule has 0 aromatic carbocycles. The summed E-state index contributed by atoms with van der Waals surface area (Å²) in [6.07, 6.45) is 3.59. The molecule has 2 heteroatoms. The van der Waals surface area contributed by atoms with E-state index in [2.05, 4.69) is 19.2 Å². The standard InChI is InChI=1S/C10H20FN/c1-8(2)12-9-5-4-6-10(3,11)7-9/h8-9,12H,4-7H2,1-3H3. The third-order valence-electron chi connectivity index (χ3n) is 2.49. The zero-order valence-electron chi connectivity index (χ0n) is 8.36. The Morgan fingerprint density at radius 1 is 1.50 bits per heavy atom. The molecule has 0 bridgehead atoms. The van der Waals surface area contributed by atoms with Gasteiger partial charge in [0.1, 0.15) is 5.67 Å². The van der Waals surface area contributed by atoms with Crippen LogP contribution in [0.15, 0.2) is 0 Å². The van der Waals surface area contributed by atoms with Crippen LogP contribution in [-0.4, -0.2) is 17.8 Å². The fourth-order valence-electron chi connectivity index (χ4n) is 2.05. The second-order valence-corrected chi connectivity index (χ2v) is 4.53.